The minimum absolute atomic E-state index is 0.717. The van der Waals surface area contributed by atoms with E-state index < -0.39 is 0 Å². The van der Waals surface area contributed by atoms with Crippen LogP contribution in [0.1, 0.15) is 18.9 Å². The van der Waals surface area contributed by atoms with Gasteiger partial charge in [0, 0.05) is 5.69 Å². The topological polar surface area (TPSA) is 38.0 Å². The van der Waals surface area contributed by atoms with Crippen molar-refractivity contribution in [2.45, 2.75) is 19.8 Å². The van der Waals surface area contributed by atoms with Crippen LogP contribution in [-0.4, -0.2) is 0 Å². The van der Waals surface area contributed by atoms with E-state index in [4.69, 9.17) is 7.25 Å². The van der Waals surface area contributed by atoms with Gasteiger partial charge in [-0.3, -0.25) is 5.84 Å². The van der Waals surface area contributed by atoms with Crippen LogP contribution in [0.5, 0.6) is 0 Å². The lowest BCUT2D eigenvalue weighted by molar-refractivity contribution is 0.922. The molecule has 1 rings (SSSR count). The Morgan fingerprint density at radius 1 is 1.45 bits per heavy atom. The minimum atomic E-state index is 0.717. The zero-order chi connectivity index (χ0) is 8.97. The Hall–Kier alpha value is -1.02. The summed E-state index contributed by atoms with van der Waals surface area (Å²) in [6.07, 6.45) is 2.23. The van der Waals surface area contributed by atoms with Gasteiger partial charge in [0.15, 0.2) is 1.41 Å². The van der Waals surface area contributed by atoms with E-state index in [0.717, 1.165) is 23.9 Å². The number of nitrogens with one attached hydrogen (secondary N) is 1. The van der Waals surface area contributed by atoms with E-state index >= 15 is 0 Å². The SMILES string of the molecule is [2H]N(N)c1ccc(CCC)cc1. The highest BCUT2D eigenvalue weighted by Gasteiger charge is 1.90. The molecule has 0 unspecified atom stereocenters. The van der Waals surface area contributed by atoms with Crippen LogP contribution in [0.2, 0.25) is 1.41 Å². The van der Waals surface area contributed by atoms with Crippen molar-refractivity contribution in [2.75, 3.05) is 5.42 Å². The molecule has 0 spiro atoms. The molecule has 0 aliphatic rings. The van der Waals surface area contributed by atoms with Crippen molar-refractivity contribution in [3.8, 4) is 0 Å². The van der Waals surface area contributed by atoms with E-state index in [2.05, 4.69) is 6.92 Å². The molecule has 60 valence electrons. The van der Waals surface area contributed by atoms with Gasteiger partial charge in [-0.15, -0.1) is 0 Å². The third kappa shape index (κ3) is 2.24. The number of hydrogen-bond acceptors (Lipinski definition) is 2. The molecule has 2 nitrogen and oxygen atoms in total. The van der Waals surface area contributed by atoms with Crippen LogP contribution in [0.4, 0.5) is 5.69 Å². The molecule has 3 N–H and O–H groups in total. The Kier molecular flexibility index (Phi) is 2.42. The lowest BCUT2D eigenvalue weighted by Gasteiger charge is -2.00. The second-order valence-electron chi connectivity index (χ2n) is 2.55. The molecule has 11 heavy (non-hydrogen) atoms. The molecule has 1 aromatic carbocycles. The molecular formula is C9H14N2. The van der Waals surface area contributed by atoms with E-state index in [0.29, 0.717) is 0 Å². The van der Waals surface area contributed by atoms with Crippen LogP contribution in [0.3, 0.4) is 0 Å². The van der Waals surface area contributed by atoms with Crippen LogP contribution in [-0.2, 0) is 6.42 Å². The lowest BCUT2D eigenvalue weighted by Crippen LogP contribution is -2.06. The number of hydrogen-bond donors (Lipinski definition) is 2. The smallest absolute Gasteiger partial charge is 0.181 e. The number of nitrogen functional groups attached to an aromatic ring is 1. The number of hydrazine groups is 1. The zero-order valence-electron chi connectivity index (χ0n) is 7.75. The quantitative estimate of drug-likeness (QED) is 0.511. The van der Waals surface area contributed by atoms with Crippen LogP contribution in [0.15, 0.2) is 24.3 Å². The van der Waals surface area contributed by atoms with Crippen molar-refractivity contribution < 1.29 is 1.41 Å². The van der Waals surface area contributed by atoms with Gasteiger partial charge >= 0.3 is 0 Å². The van der Waals surface area contributed by atoms with Gasteiger partial charge < -0.3 is 5.42 Å². The van der Waals surface area contributed by atoms with E-state index in [9.17, 15) is 0 Å². The molecule has 0 heterocycles. The highest BCUT2D eigenvalue weighted by Crippen LogP contribution is 2.08. The summed E-state index contributed by atoms with van der Waals surface area (Å²) in [5.41, 5.74) is 2.88. The number of aryl methyl sites for hydroxylation is 1. The third-order valence-electron chi connectivity index (χ3n) is 1.62. The maximum atomic E-state index is 7.10. The molecule has 0 saturated carbocycles. The van der Waals surface area contributed by atoms with E-state index in [1.54, 1.807) is 0 Å². The minimum Gasteiger partial charge on any atom is -0.324 e. The molecule has 0 aromatic heterocycles. The van der Waals surface area contributed by atoms with E-state index in [1.807, 2.05) is 24.3 Å². The molecule has 0 aliphatic heterocycles. The fourth-order valence-electron chi connectivity index (χ4n) is 1.04. The van der Waals surface area contributed by atoms with Crippen molar-refractivity contribution in [1.82, 2.24) is 0 Å². The first kappa shape index (κ1) is 6.68. The Balaban J connectivity index is 2.71. The molecule has 0 amide bonds. The summed E-state index contributed by atoms with van der Waals surface area (Å²) in [5.74, 6) is 5.24. The van der Waals surface area contributed by atoms with Crippen LogP contribution in [0.25, 0.3) is 0 Å². The van der Waals surface area contributed by atoms with Gasteiger partial charge in [0.05, 0.1) is 0 Å². The molecule has 0 saturated heterocycles. The first-order chi connectivity index (χ1) is 5.74. The summed E-state index contributed by atoms with van der Waals surface area (Å²) in [4.78, 5) is 0. The molecule has 0 fully saturated rings. The lowest BCUT2D eigenvalue weighted by atomic mass is 10.1. The molecule has 2 heteroatoms. The van der Waals surface area contributed by atoms with E-state index in [-0.39, 0.29) is 0 Å². The van der Waals surface area contributed by atoms with Gasteiger partial charge in [-0.1, -0.05) is 25.5 Å². The standard InChI is InChI=1S/C9H14N2/c1-2-3-8-4-6-9(11-10)7-5-8/h4-7,11H,2-3,10H2,1H3/i/hD. The average molecular weight is 151 g/mol. The van der Waals surface area contributed by atoms with Crippen molar-refractivity contribution in [2.24, 2.45) is 5.84 Å². The van der Waals surface area contributed by atoms with Gasteiger partial charge in [0.25, 0.3) is 0 Å². The number of benzene rings is 1. The van der Waals surface area contributed by atoms with Crippen LogP contribution >= 0.6 is 0 Å². The Labute approximate surface area is 68.8 Å². The summed E-state index contributed by atoms with van der Waals surface area (Å²) in [5, 5.41) is 0. The predicted molar refractivity (Wildman–Crippen MR) is 48.2 cm³/mol. The maximum absolute atomic E-state index is 7.10. The van der Waals surface area contributed by atoms with Gasteiger partial charge in [0.2, 0.25) is 0 Å². The van der Waals surface area contributed by atoms with Crippen molar-refractivity contribution in [1.29, 1.82) is 0 Å². The molecule has 0 atom stereocenters. The molecule has 0 bridgehead atoms. The summed E-state index contributed by atoms with van der Waals surface area (Å²) in [7, 11) is 0. The third-order valence-corrected chi connectivity index (χ3v) is 1.62. The Morgan fingerprint density at radius 2 is 2.09 bits per heavy atom. The normalized spacial score (nSPS) is 10.9. The van der Waals surface area contributed by atoms with Crippen LogP contribution in [0, 0.1) is 0 Å². The first-order valence-corrected chi connectivity index (χ1v) is 3.86. The van der Waals surface area contributed by atoms with Crippen LogP contribution < -0.4 is 11.3 Å². The fourth-order valence-corrected chi connectivity index (χ4v) is 1.04. The van der Waals surface area contributed by atoms with Gasteiger partial charge in [-0.05, 0) is 24.1 Å². The highest BCUT2D eigenvalue weighted by atomic mass is 15.2. The molecule has 0 radical (unpaired) electrons. The van der Waals surface area contributed by atoms with Crippen molar-refractivity contribution >= 4 is 5.69 Å². The molecule has 0 aliphatic carbocycles. The van der Waals surface area contributed by atoms with Gasteiger partial charge in [0.1, 0.15) is 0 Å². The van der Waals surface area contributed by atoms with E-state index in [1.165, 1.54) is 5.56 Å². The maximum Gasteiger partial charge on any atom is 0.181 e. The van der Waals surface area contributed by atoms with Crippen molar-refractivity contribution in [3.63, 3.8) is 0 Å². The molecular weight excluding hydrogens is 136 g/mol. The van der Waals surface area contributed by atoms with Gasteiger partial charge in [-0.2, -0.15) is 0 Å². The summed E-state index contributed by atoms with van der Waals surface area (Å²) in [6, 6.07) is 7.73. The number of anilines is 1. The number of rotatable bonds is 3. The second kappa shape index (κ2) is 3.98. The second-order valence-corrected chi connectivity index (χ2v) is 2.55. The van der Waals surface area contributed by atoms with Crippen molar-refractivity contribution in [3.05, 3.63) is 29.8 Å². The highest BCUT2D eigenvalue weighted by molar-refractivity contribution is 5.43. The monoisotopic (exact) mass is 151 g/mol. The zero-order valence-corrected chi connectivity index (χ0v) is 6.75. The Bertz CT molecular complexity index is 231. The summed E-state index contributed by atoms with van der Waals surface area (Å²) < 4.78 is 7.10. The number of nitrogens with two attached hydrogens (primary N) is 1. The molecule has 1 aromatic rings. The Morgan fingerprint density at radius 3 is 2.55 bits per heavy atom. The summed E-state index contributed by atoms with van der Waals surface area (Å²) in [6.45, 7) is 2.15. The average Bonchev–Trinajstić information content (AvgIpc) is 2.06. The predicted octanol–water partition coefficient (Wildman–Crippen LogP) is 1.92. The largest absolute Gasteiger partial charge is 0.324 e. The first-order valence-electron chi connectivity index (χ1n) is 4.31. The summed E-state index contributed by atoms with van der Waals surface area (Å²) >= 11 is 0. The van der Waals surface area contributed by atoms with Gasteiger partial charge in [-0.25, -0.2) is 0 Å². The fraction of sp³-hybridized carbons (Fsp3) is 0.333.